The lowest BCUT2D eigenvalue weighted by Crippen LogP contribution is -2.49. The average molecular weight is 322 g/mol. The van der Waals surface area contributed by atoms with Gasteiger partial charge < -0.3 is 16.4 Å². The van der Waals surface area contributed by atoms with E-state index in [0.717, 1.165) is 25.9 Å². The number of likely N-dealkylation sites (tertiary alicyclic amines) is 1. The fraction of sp³-hybridized carbons (Fsp3) is 0.500. The van der Waals surface area contributed by atoms with Gasteiger partial charge in [-0.25, -0.2) is 9.18 Å². The van der Waals surface area contributed by atoms with E-state index in [1.54, 1.807) is 13.0 Å². The summed E-state index contributed by atoms with van der Waals surface area (Å²) >= 11 is 0. The maximum atomic E-state index is 13.1. The van der Waals surface area contributed by atoms with Crippen molar-refractivity contribution in [2.75, 3.05) is 25.0 Å². The van der Waals surface area contributed by atoms with Crippen LogP contribution in [-0.2, 0) is 4.79 Å². The first-order valence-corrected chi connectivity index (χ1v) is 7.79. The molecule has 3 amide bonds. The Balaban J connectivity index is 1.78. The van der Waals surface area contributed by atoms with Gasteiger partial charge >= 0.3 is 6.03 Å². The fourth-order valence-electron chi connectivity index (χ4n) is 2.77. The van der Waals surface area contributed by atoms with Crippen molar-refractivity contribution in [3.8, 4) is 0 Å². The molecule has 1 heterocycles. The number of hydrogen-bond acceptors (Lipinski definition) is 3. The zero-order valence-corrected chi connectivity index (χ0v) is 13.2. The SMILES string of the molecule is CC(C(N)=O)N1CCCC(CNC(=O)Nc2cccc(F)c2)C1. The van der Waals surface area contributed by atoms with E-state index in [1.165, 1.54) is 18.2 Å². The Morgan fingerprint density at radius 2 is 2.26 bits per heavy atom. The molecule has 7 heteroatoms. The molecule has 2 atom stereocenters. The van der Waals surface area contributed by atoms with E-state index in [4.69, 9.17) is 5.73 Å². The standard InChI is InChI=1S/C16H23FN4O2/c1-11(15(18)22)21-7-3-4-12(10-21)9-19-16(23)20-14-6-2-5-13(17)8-14/h2,5-6,8,11-12H,3-4,7,9-10H2,1H3,(H2,18,22)(H2,19,20,23). The number of amides is 3. The largest absolute Gasteiger partial charge is 0.368 e. The number of carbonyl (C=O) groups excluding carboxylic acids is 2. The summed E-state index contributed by atoms with van der Waals surface area (Å²) in [5.74, 6) is -0.461. The van der Waals surface area contributed by atoms with Gasteiger partial charge in [0.15, 0.2) is 0 Å². The predicted octanol–water partition coefficient (Wildman–Crippen LogP) is 1.53. The van der Waals surface area contributed by atoms with E-state index in [2.05, 4.69) is 10.6 Å². The first-order chi connectivity index (χ1) is 11.0. The second-order valence-corrected chi connectivity index (χ2v) is 5.93. The zero-order valence-electron chi connectivity index (χ0n) is 13.2. The van der Waals surface area contributed by atoms with Gasteiger partial charge in [0.1, 0.15) is 5.82 Å². The van der Waals surface area contributed by atoms with E-state index < -0.39 is 5.82 Å². The molecule has 2 rings (SSSR count). The van der Waals surface area contributed by atoms with Crippen molar-refractivity contribution in [1.82, 2.24) is 10.2 Å². The maximum Gasteiger partial charge on any atom is 0.319 e. The average Bonchev–Trinajstić information content (AvgIpc) is 2.52. The summed E-state index contributed by atoms with van der Waals surface area (Å²) in [5.41, 5.74) is 5.75. The van der Waals surface area contributed by atoms with Crippen molar-refractivity contribution in [1.29, 1.82) is 0 Å². The Bertz CT molecular complexity index is 567. The Kier molecular flexibility index (Phi) is 5.92. The summed E-state index contributed by atoms with van der Waals surface area (Å²) in [6.45, 7) is 3.87. The van der Waals surface area contributed by atoms with Crippen molar-refractivity contribution in [2.24, 2.45) is 11.7 Å². The minimum atomic E-state index is -0.397. The number of urea groups is 1. The number of nitrogens with one attached hydrogen (secondary N) is 2. The molecular formula is C16H23FN4O2. The van der Waals surface area contributed by atoms with Gasteiger partial charge in [-0.15, -0.1) is 0 Å². The van der Waals surface area contributed by atoms with Gasteiger partial charge in [0.25, 0.3) is 0 Å². The van der Waals surface area contributed by atoms with Crippen LogP contribution in [0.15, 0.2) is 24.3 Å². The highest BCUT2D eigenvalue weighted by molar-refractivity contribution is 5.89. The van der Waals surface area contributed by atoms with E-state index in [9.17, 15) is 14.0 Å². The molecule has 6 nitrogen and oxygen atoms in total. The van der Waals surface area contributed by atoms with Crippen molar-refractivity contribution >= 4 is 17.6 Å². The smallest absolute Gasteiger partial charge is 0.319 e. The molecule has 0 saturated carbocycles. The molecule has 1 aliphatic heterocycles. The van der Waals surface area contributed by atoms with Crippen LogP contribution >= 0.6 is 0 Å². The van der Waals surface area contributed by atoms with Gasteiger partial charge in [-0.3, -0.25) is 9.69 Å². The highest BCUT2D eigenvalue weighted by Gasteiger charge is 2.26. The van der Waals surface area contributed by atoms with Crippen LogP contribution in [0.1, 0.15) is 19.8 Å². The number of primary amides is 1. The molecule has 1 aromatic carbocycles. The normalized spacial score (nSPS) is 19.8. The molecule has 1 saturated heterocycles. The van der Waals surface area contributed by atoms with Gasteiger partial charge in [-0.2, -0.15) is 0 Å². The lowest BCUT2D eigenvalue weighted by atomic mass is 9.96. The highest BCUT2D eigenvalue weighted by Crippen LogP contribution is 2.18. The van der Waals surface area contributed by atoms with E-state index in [0.29, 0.717) is 12.2 Å². The Labute approximate surface area is 135 Å². The van der Waals surface area contributed by atoms with Crippen LogP contribution in [0.5, 0.6) is 0 Å². The van der Waals surface area contributed by atoms with Crippen LogP contribution in [0.4, 0.5) is 14.9 Å². The van der Waals surface area contributed by atoms with Gasteiger partial charge in [0.2, 0.25) is 5.91 Å². The van der Waals surface area contributed by atoms with E-state index in [1.807, 2.05) is 4.90 Å². The number of nitrogens with zero attached hydrogens (tertiary/aromatic N) is 1. The van der Waals surface area contributed by atoms with Crippen molar-refractivity contribution in [3.05, 3.63) is 30.1 Å². The molecule has 126 valence electrons. The summed E-state index contributed by atoms with van der Waals surface area (Å²) in [7, 11) is 0. The van der Waals surface area contributed by atoms with Crippen LogP contribution in [-0.4, -0.2) is 42.5 Å². The van der Waals surface area contributed by atoms with Crippen LogP contribution in [0.2, 0.25) is 0 Å². The summed E-state index contributed by atoms with van der Waals surface area (Å²) in [6, 6.07) is 5.08. The number of rotatable bonds is 5. The second-order valence-electron chi connectivity index (χ2n) is 5.93. The third-order valence-corrected chi connectivity index (χ3v) is 4.14. The molecule has 1 fully saturated rings. The number of anilines is 1. The molecular weight excluding hydrogens is 299 g/mol. The van der Waals surface area contributed by atoms with Crippen LogP contribution in [0.3, 0.4) is 0 Å². The lowest BCUT2D eigenvalue weighted by Gasteiger charge is -2.35. The third kappa shape index (κ3) is 5.21. The minimum absolute atomic E-state index is 0.267. The molecule has 0 spiro atoms. The topological polar surface area (TPSA) is 87.5 Å². The van der Waals surface area contributed by atoms with Crippen LogP contribution in [0.25, 0.3) is 0 Å². The first-order valence-electron chi connectivity index (χ1n) is 7.79. The number of piperidine rings is 1. The number of nitrogens with two attached hydrogens (primary N) is 1. The predicted molar refractivity (Wildman–Crippen MR) is 86.4 cm³/mol. The molecule has 0 aliphatic carbocycles. The monoisotopic (exact) mass is 322 g/mol. The fourth-order valence-corrected chi connectivity index (χ4v) is 2.77. The number of halogens is 1. The Morgan fingerprint density at radius 1 is 1.48 bits per heavy atom. The summed E-state index contributed by atoms with van der Waals surface area (Å²) in [5, 5.41) is 5.39. The van der Waals surface area contributed by atoms with Crippen LogP contribution in [0, 0.1) is 11.7 Å². The quantitative estimate of drug-likeness (QED) is 0.768. The minimum Gasteiger partial charge on any atom is -0.368 e. The molecule has 1 aromatic rings. The van der Waals surface area contributed by atoms with Crippen molar-refractivity contribution in [2.45, 2.75) is 25.8 Å². The third-order valence-electron chi connectivity index (χ3n) is 4.14. The number of hydrogen-bond donors (Lipinski definition) is 3. The first kappa shape index (κ1) is 17.2. The second kappa shape index (κ2) is 7.92. The molecule has 0 bridgehead atoms. The Morgan fingerprint density at radius 3 is 2.96 bits per heavy atom. The van der Waals surface area contributed by atoms with Crippen molar-refractivity contribution in [3.63, 3.8) is 0 Å². The summed E-state index contributed by atoms with van der Waals surface area (Å²) < 4.78 is 13.1. The van der Waals surface area contributed by atoms with Crippen molar-refractivity contribution < 1.29 is 14.0 Å². The molecule has 0 radical (unpaired) electrons. The Hall–Kier alpha value is -2.15. The molecule has 0 aromatic heterocycles. The number of benzene rings is 1. The summed E-state index contributed by atoms with van der Waals surface area (Å²) in [6.07, 6.45) is 1.96. The maximum absolute atomic E-state index is 13.1. The van der Waals surface area contributed by atoms with E-state index >= 15 is 0 Å². The van der Waals surface area contributed by atoms with E-state index in [-0.39, 0.29) is 23.9 Å². The zero-order chi connectivity index (χ0) is 16.8. The molecule has 23 heavy (non-hydrogen) atoms. The number of carbonyl (C=O) groups is 2. The summed E-state index contributed by atoms with van der Waals surface area (Å²) in [4.78, 5) is 25.2. The molecule has 4 N–H and O–H groups in total. The molecule has 2 unspecified atom stereocenters. The van der Waals surface area contributed by atoms with Gasteiger partial charge in [0, 0.05) is 18.8 Å². The van der Waals surface area contributed by atoms with Gasteiger partial charge in [-0.05, 0) is 50.4 Å². The lowest BCUT2D eigenvalue weighted by molar-refractivity contribution is -0.123. The van der Waals surface area contributed by atoms with Crippen LogP contribution < -0.4 is 16.4 Å². The molecule has 1 aliphatic rings. The van der Waals surface area contributed by atoms with Gasteiger partial charge in [-0.1, -0.05) is 6.07 Å². The highest BCUT2D eigenvalue weighted by atomic mass is 19.1. The van der Waals surface area contributed by atoms with Gasteiger partial charge in [0.05, 0.1) is 6.04 Å².